The summed E-state index contributed by atoms with van der Waals surface area (Å²) in [5.74, 6) is 0.296. The van der Waals surface area contributed by atoms with Crippen molar-refractivity contribution in [2.24, 2.45) is 0 Å². The predicted octanol–water partition coefficient (Wildman–Crippen LogP) is 0.965. The van der Waals surface area contributed by atoms with E-state index in [0.29, 0.717) is 19.0 Å². The molecule has 1 aliphatic heterocycles. The molecule has 2 rings (SSSR count). The van der Waals surface area contributed by atoms with E-state index >= 15 is 0 Å². The van der Waals surface area contributed by atoms with Gasteiger partial charge in [-0.25, -0.2) is 4.39 Å². The summed E-state index contributed by atoms with van der Waals surface area (Å²) in [6.07, 6.45) is 0. The van der Waals surface area contributed by atoms with Crippen LogP contribution < -0.4 is 9.64 Å². The third kappa shape index (κ3) is 4.56. The Morgan fingerprint density at radius 1 is 1.19 bits per heavy atom. The average molecular weight is 298 g/mol. The van der Waals surface area contributed by atoms with Crippen LogP contribution in [0.25, 0.3) is 0 Å². The van der Waals surface area contributed by atoms with Gasteiger partial charge in [0.1, 0.15) is 11.6 Å². The van der Waals surface area contributed by atoms with E-state index in [1.165, 1.54) is 12.1 Å². The molecule has 21 heavy (non-hydrogen) atoms. The summed E-state index contributed by atoms with van der Waals surface area (Å²) in [5, 5.41) is 8.65. The molecule has 0 saturated carbocycles. The Morgan fingerprint density at radius 3 is 2.62 bits per heavy atom. The van der Waals surface area contributed by atoms with Crippen LogP contribution in [0, 0.1) is 5.82 Å². The van der Waals surface area contributed by atoms with Crippen LogP contribution in [0.3, 0.4) is 0 Å². The van der Waals surface area contributed by atoms with E-state index in [-0.39, 0.29) is 12.4 Å². The summed E-state index contributed by atoms with van der Waals surface area (Å²) in [6, 6.07) is 4.66. The molecule has 1 aromatic rings. The molecule has 1 aliphatic rings. The smallest absolute Gasteiger partial charge is 0.145 e. The van der Waals surface area contributed by atoms with Gasteiger partial charge < -0.3 is 19.5 Å². The standard InChI is InChI=1S/C15H23FN2O3/c1-20-15-12-13(16)2-3-14(15)18-6-4-17(5-7-18)8-10-21-11-9-19/h2-3,12,19H,4-11H2,1H3. The fraction of sp³-hybridized carbons (Fsp3) is 0.600. The number of halogens is 1. The molecule has 1 aromatic carbocycles. The van der Waals surface area contributed by atoms with Gasteiger partial charge in [-0.2, -0.15) is 0 Å². The second-order valence-corrected chi connectivity index (χ2v) is 4.98. The van der Waals surface area contributed by atoms with Crippen molar-refractivity contribution < 1.29 is 19.0 Å². The summed E-state index contributed by atoms with van der Waals surface area (Å²) >= 11 is 0. The lowest BCUT2D eigenvalue weighted by Crippen LogP contribution is -2.47. The first-order chi connectivity index (χ1) is 10.2. The average Bonchev–Trinajstić information content (AvgIpc) is 2.52. The first-order valence-electron chi connectivity index (χ1n) is 7.24. The third-order valence-corrected chi connectivity index (χ3v) is 3.64. The van der Waals surface area contributed by atoms with Gasteiger partial charge in [-0.15, -0.1) is 0 Å². The van der Waals surface area contributed by atoms with Gasteiger partial charge >= 0.3 is 0 Å². The molecule has 118 valence electrons. The van der Waals surface area contributed by atoms with Crippen LogP contribution in [0.15, 0.2) is 18.2 Å². The number of aliphatic hydroxyl groups is 1. The lowest BCUT2D eigenvalue weighted by atomic mass is 10.2. The zero-order chi connectivity index (χ0) is 15.1. The largest absolute Gasteiger partial charge is 0.494 e. The maximum absolute atomic E-state index is 13.2. The Morgan fingerprint density at radius 2 is 1.95 bits per heavy atom. The van der Waals surface area contributed by atoms with Gasteiger partial charge in [0, 0.05) is 38.8 Å². The molecule has 0 aromatic heterocycles. The molecule has 1 fully saturated rings. The molecule has 0 atom stereocenters. The van der Waals surface area contributed by atoms with E-state index in [1.807, 2.05) is 0 Å². The minimum absolute atomic E-state index is 0.0676. The fourth-order valence-electron chi connectivity index (χ4n) is 2.49. The Kier molecular flexibility index (Phi) is 6.22. The molecule has 1 saturated heterocycles. The number of piperazine rings is 1. The van der Waals surface area contributed by atoms with Crippen molar-refractivity contribution in [2.75, 3.05) is 64.6 Å². The number of nitrogens with zero attached hydrogens (tertiary/aromatic N) is 2. The van der Waals surface area contributed by atoms with E-state index in [9.17, 15) is 4.39 Å². The van der Waals surface area contributed by atoms with E-state index in [1.54, 1.807) is 13.2 Å². The first kappa shape index (κ1) is 16.0. The molecule has 0 bridgehead atoms. The van der Waals surface area contributed by atoms with Gasteiger partial charge in [-0.05, 0) is 12.1 Å². The van der Waals surface area contributed by atoms with E-state index in [0.717, 1.165) is 38.4 Å². The van der Waals surface area contributed by atoms with Crippen molar-refractivity contribution in [1.82, 2.24) is 4.90 Å². The van der Waals surface area contributed by atoms with Crippen LogP contribution in [-0.4, -0.2) is 69.7 Å². The van der Waals surface area contributed by atoms with E-state index in [4.69, 9.17) is 14.6 Å². The molecule has 1 N–H and O–H groups in total. The van der Waals surface area contributed by atoms with Gasteiger partial charge in [0.15, 0.2) is 0 Å². The molecule has 0 spiro atoms. The molecular weight excluding hydrogens is 275 g/mol. The maximum Gasteiger partial charge on any atom is 0.145 e. The van der Waals surface area contributed by atoms with Crippen molar-refractivity contribution in [3.8, 4) is 5.75 Å². The highest BCUT2D eigenvalue weighted by molar-refractivity contribution is 5.58. The predicted molar refractivity (Wildman–Crippen MR) is 79.5 cm³/mol. The monoisotopic (exact) mass is 298 g/mol. The number of benzene rings is 1. The van der Waals surface area contributed by atoms with Crippen LogP contribution in [-0.2, 0) is 4.74 Å². The summed E-state index contributed by atoms with van der Waals surface area (Å²) < 4.78 is 23.8. The van der Waals surface area contributed by atoms with Crippen molar-refractivity contribution >= 4 is 5.69 Å². The fourth-order valence-corrected chi connectivity index (χ4v) is 2.49. The zero-order valence-corrected chi connectivity index (χ0v) is 12.4. The minimum atomic E-state index is -0.282. The number of hydrogen-bond acceptors (Lipinski definition) is 5. The Hall–Kier alpha value is -1.37. The highest BCUT2D eigenvalue weighted by atomic mass is 19.1. The normalized spacial score (nSPS) is 16.2. The van der Waals surface area contributed by atoms with Crippen molar-refractivity contribution in [3.63, 3.8) is 0 Å². The Balaban J connectivity index is 1.83. The number of rotatable bonds is 7. The van der Waals surface area contributed by atoms with Gasteiger partial charge in [-0.1, -0.05) is 0 Å². The number of aliphatic hydroxyl groups excluding tert-OH is 1. The van der Waals surface area contributed by atoms with Crippen molar-refractivity contribution in [1.29, 1.82) is 0 Å². The highest BCUT2D eigenvalue weighted by Gasteiger charge is 2.19. The SMILES string of the molecule is COc1cc(F)ccc1N1CCN(CCOCCO)CC1. The minimum Gasteiger partial charge on any atom is -0.494 e. The summed E-state index contributed by atoms with van der Waals surface area (Å²) in [5.41, 5.74) is 0.940. The second-order valence-electron chi connectivity index (χ2n) is 4.98. The highest BCUT2D eigenvalue weighted by Crippen LogP contribution is 2.29. The van der Waals surface area contributed by atoms with Crippen LogP contribution in [0.2, 0.25) is 0 Å². The number of methoxy groups -OCH3 is 1. The van der Waals surface area contributed by atoms with Crippen molar-refractivity contribution in [3.05, 3.63) is 24.0 Å². The van der Waals surface area contributed by atoms with Crippen LogP contribution in [0.4, 0.5) is 10.1 Å². The first-order valence-corrected chi connectivity index (χ1v) is 7.24. The molecule has 0 amide bonds. The maximum atomic E-state index is 13.2. The Bertz CT molecular complexity index is 437. The summed E-state index contributed by atoms with van der Waals surface area (Å²) in [7, 11) is 1.56. The molecular formula is C15H23FN2O3. The molecule has 0 radical (unpaired) electrons. The molecule has 5 nitrogen and oxygen atoms in total. The summed E-state index contributed by atoms with van der Waals surface area (Å²) in [4.78, 5) is 4.53. The van der Waals surface area contributed by atoms with Gasteiger partial charge in [0.05, 0.1) is 32.6 Å². The van der Waals surface area contributed by atoms with Gasteiger partial charge in [0.2, 0.25) is 0 Å². The van der Waals surface area contributed by atoms with Crippen molar-refractivity contribution in [2.45, 2.75) is 0 Å². The quantitative estimate of drug-likeness (QED) is 0.760. The molecule has 0 aliphatic carbocycles. The van der Waals surface area contributed by atoms with E-state index in [2.05, 4.69) is 9.80 Å². The topological polar surface area (TPSA) is 45.2 Å². The third-order valence-electron chi connectivity index (χ3n) is 3.64. The lowest BCUT2D eigenvalue weighted by molar-refractivity contribution is 0.0724. The lowest BCUT2D eigenvalue weighted by Gasteiger charge is -2.36. The van der Waals surface area contributed by atoms with Crippen LogP contribution >= 0.6 is 0 Å². The van der Waals surface area contributed by atoms with Gasteiger partial charge in [0.25, 0.3) is 0 Å². The second kappa shape index (κ2) is 8.17. The summed E-state index contributed by atoms with van der Waals surface area (Å²) in [6.45, 7) is 5.59. The molecule has 0 unspecified atom stereocenters. The zero-order valence-electron chi connectivity index (χ0n) is 12.4. The number of ether oxygens (including phenoxy) is 2. The van der Waals surface area contributed by atoms with Crippen LogP contribution in [0.5, 0.6) is 5.75 Å². The Labute approximate surface area is 124 Å². The van der Waals surface area contributed by atoms with E-state index < -0.39 is 0 Å². The van der Waals surface area contributed by atoms with Crippen LogP contribution in [0.1, 0.15) is 0 Å². The molecule has 1 heterocycles. The molecule has 6 heteroatoms. The number of hydrogen-bond donors (Lipinski definition) is 1. The number of anilines is 1. The van der Waals surface area contributed by atoms with Gasteiger partial charge in [-0.3, -0.25) is 4.90 Å².